The summed E-state index contributed by atoms with van der Waals surface area (Å²) in [6, 6.07) is 5.97. The maximum Gasteiger partial charge on any atom is 0.417 e. The van der Waals surface area contributed by atoms with Gasteiger partial charge in [0.25, 0.3) is 5.91 Å². The SMILES string of the molecule is CC(=O)NCc1ccc(C(=O)N2CCCN(c3ccc(C(F)(F)F)cn3)CC2)s1. The van der Waals surface area contributed by atoms with Gasteiger partial charge in [-0.2, -0.15) is 13.2 Å². The molecule has 1 saturated heterocycles. The van der Waals surface area contributed by atoms with Gasteiger partial charge in [-0.1, -0.05) is 0 Å². The van der Waals surface area contributed by atoms with Crippen molar-refractivity contribution in [1.29, 1.82) is 0 Å². The molecule has 1 fully saturated rings. The Morgan fingerprint density at radius 3 is 2.59 bits per heavy atom. The molecular weight excluding hydrogens is 405 g/mol. The maximum absolute atomic E-state index is 12.8. The van der Waals surface area contributed by atoms with Crippen molar-refractivity contribution in [3.8, 4) is 0 Å². The lowest BCUT2D eigenvalue weighted by molar-refractivity contribution is -0.137. The Morgan fingerprint density at radius 1 is 1.14 bits per heavy atom. The largest absolute Gasteiger partial charge is 0.417 e. The highest BCUT2D eigenvalue weighted by Crippen LogP contribution is 2.29. The van der Waals surface area contributed by atoms with Gasteiger partial charge in [0, 0.05) is 44.2 Å². The number of carbonyl (C=O) groups excluding carboxylic acids is 2. The second-order valence-corrected chi connectivity index (χ2v) is 7.88. The predicted molar refractivity (Wildman–Crippen MR) is 104 cm³/mol. The highest BCUT2D eigenvalue weighted by molar-refractivity contribution is 7.14. The highest BCUT2D eigenvalue weighted by Gasteiger charge is 2.31. The van der Waals surface area contributed by atoms with E-state index < -0.39 is 11.7 Å². The summed E-state index contributed by atoms with van der Waals surface area (Å²) in [4.78, 5) is 32.9. The summed E-state index contributed by atoms with van der Waals surface area (Å²) in [5.74, 6) is 0.267. The van der Waals surface area contributed by atoms with Crippen LogP contribution in [0.25, 0.3) is 0 Å². The van der Waals surface area contributed by atoms with Gasteiger partial charge in [0.2, 0.25) is 5.91 Å². The van der Waals surface area contributed by atoms with Gasteiger partial charge in [-0.3, -0.25) is 9.59 Å². The molecule has 1 aliphatic rings. The zero-order valence-corrected chi connectivity index (χ0v) is 16.6. The Morgan fingerprint density at radius 2 is 1.93 bits per heavy atom. The van der Waals surface area contributed by atoms with Crippen molar-refractivity contribution in [1.82, 2.24) is 15.2 Å². The number of alkyl halides is 3. The van der Waals surface area contributed by atoms with Crippen LogP contribution in [-0.2, 0) is 17.5 Å². The molecule has 0 saturated carbocycles. The highest BCUT2D eigenvalue weighted by atomic mass is 32.1. The van der Waals surface area contributed by atoms with Gasteiger partial charge in [0.15, 0.2) is 0 Å². The van der Waals surface area contributed by atoms with Crippen molar-refractivity contribution in [3.05, 3.63) is 45.8 Å². The van der Waals surface area contributed by atoms with Gasteiger partial charge in [-0.15, -0.1) is 11.3 Å². The van der Waals surface area contributed by atoms with E-state index in [4.69, 9.17) is 0 Å². The number of hydrogen-bond acceptors (Lipinski definition) is 5. The number of thiophene rings is 1. The molecule has 1 N–H and O–H groups in total. The minimum atomic E-state index is -4.41. The summed E-state index contributed by atoms with van der Waals surface area (Å²) >= 11 is 1.35. The summed E-state index contributed by atoms with van der Waals surface area (Å²) in [6.45, 7) is 3.96. The summed E-state index contributed by atoms with van der Waals surface area (Å²) in [7, 11) is 0. The fraction of sp³-hybridized carbons (Fsp3) is 0.421. The Balaban J connectivity index is 1.61. The third kappa shape index (κ3) is 5.47. The van der Waals surface area contributed by atoms with Crippen LogP contribution in [0, 0.1) is 0 Å². The van der Waals surface area contributed by atoms with E-state index in [9.17, 15) is 22.8 Å². The number of anilines is 1. The third-order valence-corrected chi connectivity index (χ3v) is 5.64. The Kier molecular flexibility index (Phi) is 6.41. The normalized spacial score (nSPS) is 15.2. The fourth-order valence-corrected chi connectivity index (χ4v) is 3.96. The van der Waals surface area contributed by atoms with E-state index in [0.717, 1.165) is 17.1 Å². The van der Waals surface area contributed by atoms with E-state index in [1.165, 1.54) is 24.3 Å². The van der Waals surface area contributed by atoms with Crippen molar-refractivity contribution >= 4 is 29.0 Å². The van der Waals surface area contributed by atoms with Gasteiger partial charge in [-0.25, -0.2) is 4.98 Å². The molecule has 6 nitrogen and oxygen atoms in total. The Labute approximate surface area is 170 Å². The first-order valence-electron chi connectivity index (χ1n) is 9.14. The first kappa shape index (κ1) is 21.1. The number of carbonyl (C=O) groups is 2. The van der Waals surface area contributed by atoms with Gasteiger partial charge in [0.1, 0.15) is 5.82 Å². The first-order valence-corrected chi connectivity index (χ1v) is 9.96. The maximum atomic E-state index is 12.8. The quantitative estimate of drug-likeness (QED) is 0.816. The molecule has 0 unspecified atom stereocenters. The van der Waals surface area contributed by atoms with E-state index in [1.807, 2.05) is 11.0 Å². The molecule has 2 aromatic rings. The van der Waals surface area contributed by atoms with Gasteiger partial charge < -0.3 is 15.1 Å². The molecule has 29 heavy (non-hydrogen) atoms. The summed E-state index contributed by atoms with van der Waals surface area (Å²) in [5.41, 5.74) is -0.777. The zero-order chi connectivity index (χ0) is 21.0. The lowest BCUT2D eigenvalue weighted by Gasteiger charge is -2.23. The number of rotatable bonds is 4. The van der Waals surface area contributed by atoms with Crippen LogP contribution in [0.5, 0.6) is 0 Å². The van der Waals surface area contributed by atoms with Gasteiger partial charge in [0.05, 0.1) is 17.0 Å². The Hall–Kier alpha value is -2.62. The smallest absolute Gasteiger partial charge is 0.355 e. The summed E-state index contributed by atoms with van der Waals surface area (Å²) in [6.07, 6.45) is -2.88. The topological polar surface area (TPSA) is 65.5 Å². The number of amides is 2. The fourth-order valence-electron chi connectivity index (χ4n) is 3.05. The van der Waals surface area contributed by atoms with E-state index >= 15 is 0 Å². The molecule has 1 aliphatic heterocycles. The van der Waals surface area contributed by atoms with Crippen LogP contribution < -0.4 is 10.2 Å². The standard InChI is InChI=1S/C19H21F3N4O2S/c1-13(27)23-12-15-4-5-16(29-15)18(28)26-8-2-7-25(9-10-26)17-6-3-14(11-24-17)19(20,21)22/h3-6,11H,2,7-10,12H2,1H3,(H,23,27). The second-order valence-electron chi connectivity index (χ2n) is 6.71. The zero-order valence-electron chi connectivity index (χ0n) is 15.8. The number of halogens is 3. The Bertz CT molecular complexity index is 867. The van der Waals surface area contributed by atoms with Crippen LogP contribution in [0.1, 0.15) is 33.5 Å². The van der Waals surface area contributed by atoms with Gasteiger partial charge >= 0.3 is 6.18 Å². The van der Waals surface area contributed by atoms with Crippen LogP contribution in [0.2, 0.25) is 0 Å². The molecule has 3 rings (SSSR count). The number of pyridine rings is 1. The van der Waals surface area contributed by atoms with Crippen molar-refractivity contribution < 1.29 is 22.8 Å². The lowest BCUT2D eigenvalue weighted by Crippen LogP contribution is -2.35. The second kappa shape index (κ2) is 8.81. The molecule has 156 valence electrons. The van der Waals surface area contributed by atoms with E-state index in [-0.39, 0.29) is 11.8 Å². The predicted octanol–water partition coefficient (Wildman–Crippen LogP) is 3.15. The van der Waals surface area contributed by atoms with Crippen LogP contribution in [-0.4, -0.2) is 47.9 Å². The molecule has 0 bridgehead atoms. The molecule has 0 radical (unpaired) electrons. The lowest BCUT2D eigenvalue weighted by atomic mass is 10.2. The summed E-state index contributed by atoms with van der Waals surface area (Å²) < 4.78 is 38.1. The minimum Gasteiger partial charge on any atom is -0.355 e. The number of nitrogens with one attached hydrogen (secondary N) is 1. The van der Waals surface area contributed by atoms with Crippen molar-refractivity contribution in [3.63, 3.8) is 0 Å². The molecule has 2 aromatic heterocycles. The van der Waals surface area contributed by atoms with Crippen LogP contribution in [0.4, 0.5) is 19.0 Å². The van der Waals surface area contributed by atoms with E-state index in [2.05, 4.69) is 10.3 Å². The monoisotopic (exact) mass is 426 g/mol. The molecule has 0 aromatic carbocycles. The van der Waals surface area contributed by atoms with Crippen LogP contribution >= 0.6 is 11.3 Å². The molecular formula is C19H21F3N4O2S. The van der Waals surface area contributed by atoms with Crippen LogP contribution in [0.3, 0.4) is 0 Å². The molecule has 2 amide bonds. The number of aromatic nitrogens is 1. The average molecular weight is 426 g/mol. The van der Waals surface area contributed by atoms with Crippen molar-refractivity contribution in [2.75, 3.05) is 31.1 Å². The molecule has 0 spiro atoms. The number of hydrogen-bond donors (Lipinski definition) is 1. The molecule has 0 atom stereocenters. The summed E-state index contributed by atoms with van der Waals surface area (Å²) in [5, 5.41) is 2.70. The third-order valence-electron chi connectivity index (χ3n) is 4.57. The first-order chi connectivity index (χ1) is 13.7. The molecule has 0 aliphatic carbocycles. The number of nitrogens with zero attached hydrogens (tertiary/aromatic N) is 3. The molecule has 10 heteroatoms. The van der Waals surface area contributed by atoms with E-state index in [1.54, 1.807) is 11.0 Å². The minimum absolute atomic E-state index is 0.0775. The van der Waals surface area contributed by atoms with E-state index in [0.29, 0.717) is 49.8 Å². The van der Waals surface area contributed by atoms with Crippen molar-refractivity contribution in [2.45, 2.75) is 26.1 Å². The average Bonchev–Trinajstić information content (AvgIpc) is 3.01. The van der Waals surface area contributed by atoms with Crippen molar-refractivity contribution in [2.24, 2.45) is 0 Å². The van der Waals surface area contributed by atoms with Gasteiger partial charge in [-0.05, 0) is 30.7 Å². The molecule has 3 heterocycles. The van der Waals surface area contributed by atoms with Crippen LogP contribution in [0.15, 0.2) is 30.5 Å².